The van der Waals surface area contributed by atoms with Gasteiger partial charge in [-0.05, 0) is 31.2 Å². The van der Waals surface area contributed by atoms with Crippen LogP contribution in [0.5, 0.6) is 0 Å². The molecule has 0 saturated carbocycles. The molecule has 0 spiro atoms. The average molecular weight is 500 g/mol. The first-order valence-electron chi connectivity index (χ1n) is 8.44. The van der Waals surface area contributed by atoms with Crippen LogP contribution in [0.3, 0.4) is 0 Å². The third-order valence-electron chi connectivity index (χ3n) is 4.38. The van der Waals surface area contributed by atoms with Crippen molar-refractivity contribution in [1.29, 1.82) is 0 Å². The lowest BCUT2D eigenvalue weighted by atomic mass is 10.1. The summed E-state index contributed by atoms with van der Waals surface area (Å²) in [5, 5.41) is 8.88. The van der Waals surface area contributed by atoms with Crippen molar-refractivity contribution < 1.29 is 8.42 Å². The van der Waals surface area contributed by atoms with Crippen LogP contribution in [0.25, 0.3) is 0 Å². The lowest BCUT2D eigenvalue weighted by molar-refractivity contribution is 0.306. The molecule has 0 radical (unpaired) electrons. The van der Waals surface area contributed by atoms with Gasteiger partial charge in [-0.1, -0.05) is 13.0 Å². The summed E-state index contributed by atoms with van der Waals surface area (Å²) in [5.74, 6) is 1.39. The smallest absolute Gasteiger partial charge is 0.213 e. The van der Waals surface area contributed by atoms with E-state index in [0.717, 1.165) is 25.3 Å². The van der Waals surface area contributed by atoms with Crippen LogP contribution in [0, 0.1) is 0 Å². The number of thiophene rings is 1. The van der Waals surface area contributed by atoms with Crippen LogP contribution >= 0.6 is 35.3 Å². The first-order valence-corrected chi connectivity index (χ1v) is 10.9. The summed E-state index contributed by atoms with van der Waals surface area (Å²) in [6, 6.07) is 4.48. The highest BCUT2D eigenvalue weighted by Crippen LogP contribution is 2.19. The maximum Gasteiger partial charge on any atom is 0.213 e. The van der Waals surface area contributed by atoms with E-state index in [1.165, 1.54) is 4.88 Å². The Hall–Kier alpha value is -0.390. The molecule has 2 rings (SSSR count). The van der Waals surface area contributed by atoms with Gasteiger partial charge < -0.3 is 10.6 Å². The SMILES string of the molecule is CCS(=O)(=O)N1CCC(NC(=NC)NCC(C)c2cccs2)CC1.I. The molecule has 2 N–H and O–H groups in total. The highest BCUT2D eigenvalue weighted by atomic mass is 127. The summed E-state index contributed by atoms with van der Waals surface area (Å²) in [6.45, 7) is 5.87. The molecule has 2 heterocycles. The number of sulfonamides is 1. The Morgan fingerprint density at radius 3 is 2.64 bits per heavy atom. The summed E-state index contributed by atoms with van der Waals surface area (Å²) >= 11 is 1.77. The second-order valence-electron chi connectivity index (χ2n) is 6.09. The van der Waals surface area contributed by atoms with Crippen molar-refractivity contribution in [2.45, 2.75) is 38.6 Å². The number of piperidine rings is 1. The van der Waals surface area contributed by atoms with Crippen molar-refractivity contribution >= 4 is 51.3 Å². The van der Waals surface area contributed by atoms with Gasteiger partial charge in [-0.25, -0.2) is 12.7 Å². The third-order valence-corrected chi connectivity index (χ3v) is 7.37. The summed E-state index contributed by atoms with van der Waals surface area (Å²) in [5.41, 5.74) is 0. The molecule has 1 aliphatic heterocycles. The zero-order chi connectivity index (χ0) is 17.6. The van der Waals surface area contributed by atoms with E-state index in [4.69, 9.17) is 0 Å². The topological polar surface area (TPSA) is 73.8 Å². The molecule has 6 nitrogen and oxygen atoms in total. The van der Waals surface area contributed by atoms with Gasteiger partial charge in [-0.2, -0.15) is 0 Å². The molecule has 0 aliphatic carbocycles. The highest BCUT2D eigenvalue weighted by Gasteiger charge is 2.27. The quantitative estimate of drug-likeness (QED) is 0.358. The van der Waals surface area contributed by atoms with E-state index in [1.54, 1.807) is 29.6 Å². The van der Waals surface area contributed by atoms with Crippen LogP contribution in [0.1, 0.15) is 37.5 Å². The zero-order valence-electron chi connectivity index (χ0n) is 15.1. The van der Waals surface area contributed by atoms with E-state index in [2.05, 4.69) is 40.1 Å². The summed E-state index contributed by atoms with van der Waals surface area (Å²) < 4.78 is 25.4. The number of nitrogens with zero attached hydrogens (tertiary/aromatic N) is 2. The minimum atomic E-state index is -3.06. The van der Waals surface area contributed by atoms with Crippen LogP contribution in [-0.2, 0) is 10.0 Å². The lowest BCUT2D eigenvalue weighted by Crippen LogP contribution is -2.50. The fourth-order valence-corrected chi connectivity index (χ4v) is 4.69. The molecule has 144 valence electrons. The molecule has 9 heteroatoms. The molecule has 0 aromatic carbocycles. The fraction of sp³-hybridized carbons (Fsp3) is 0.688. The number of rotatable bonds is 6. The normalized spacial score (nSPS) is 18.4. The molecule has 0 bridgehead atoms. The monoisotopic (exact) mass is 500 g/mol. The minimum absolute atomic E-state index is 0. The zero-order valence-corrected chi connectivity index (χ0v) is 19.0. The standard InChI is InChI=1S/C16H28N4O2S2.HI/c1-4-24(21,22)20-9-7-14(8-10-20)19-16(17-3)18-12-13(2)15-6-5-11-23-15;/h5-6,11,13-14H,4,7-10,12H2,1-3H3,(H2,17,18,19);1H. The van der Waals surface area contributed by atoms with E-state index in [9.17, 15) is 8.42 Å². The lowest BCUT2D eigenvalue weighted by Gasteiger charge is -2.32. The van der Waals surface area contributed by atoms with Crippen LogP contribution in [0.15, 0.2) is 22.5 Å². The van der Waals surface area contributed by atoms with Gasteiger partial charge in [-0.15, -0.1) is 35.3 Å². The van der Waals surface area contributed by atoms with E-state index < -0.39 is 10.0 Å². The Morgan fingerprint density at radius 2 is 2.12 bits per heavy atom. The minimum Gasteiger partial charge on any atom is -0.356 e. The number of guanidine groups is 1. The van der Waals surface area contributed by atoms with Gasteiger partial charge in [0.05, 0.1) is 5.75 Å². The number of hydrogen-bond donors (Lipinski definition) is 2. The van der Waals surface area contributed by atoms with E-state index in [0.29, 0.717) is 19.0 Å². The first kappa shape index (κ1) is 22.7. The first-order chi connectivity index (χ1) is 11.5. The largest absolute Gasteiger partial charge is 0.356 e. The maximum atomic E-state index is 11.9. The Labute approximate surface area is 172 Å². The number of hydrogen-bond acceptors (Lipinski definition) is 4. The van der Waals surface area contributed by atoms with Crippen LogP contribution in [0.2, 0.25) is 0 Å². The summed E-state index contributed by atoms with van der Waals surface area (Å²) in [6.07, 6.45) is 1.61. The number of aliphatic imine (C=N–C) groups is 1. The van der Waals surface area contributed by atoms with Crippen molar-refractivity contribution in [3.05, 3.63) is 22.4 Å². The van der Waals surface area contributed by atoms with Crippen LogP contribution in [-0.4, -0.2) is 57.2 Å². The van der Waals surface area contributed by atoms with Gasteiger partial charge in [0, 0.05) is 43.5 Å². The van der Waals surface area contributed by atoms with Crippen molar-refractivity contribution in [3.63, 3.8) is 0 Å². The van der Waals surface area contributed by atoms with Crippen molar-refractivity contribution in [2.24, 2.45) is 4.99 Å². The molecule has 1 atom stereocenters. The van der Waals surface area contributed by atoms with E-state index >= 15 is 0 Å². The van der Waals surface area contributed by atoms with Gasteiger partial charge in [-0.3, -0.25) is 4.99 Å². The van der Waals surface area contributed by atoms with Gasteiger partial charge in [0.1, 0.15) is 0 Å². The van der Waals surface area contributed by atoms with Crippen LogP contribution in [0.4, 0.5) is 0 Å². The van der Waals surface area contributed by atoms with Crippen molar-refractivity contribution in [2.75, 3.05) is 32.4 Å². The Bertz CT molecular complexity index is 627. The molecular weight excluding hydrogens is 471 g/mol. The highest BCUT2D eigenvalue weighted by molar-refractivity contribution is 14.0. The average Bonchev–Trinajstić information content (AvgIpc) is 3.13. The van der Waals surface area contributed by atoms with Crippen molar-refractivity contribution in [3.8, 4) is 0 Å². The van der Waals surface area contributed by atoms with Gasteiger partial charge >= 0.3 is 0 Å². The molecule has 0 amide bonds. The van der Waals surface area contributed by atoms with Crippen LogP contribution < -0.4 is 10.6 Å². The Morgan fingerprint density at radius 1 is 1.44 bits per heavy atom. The molecule has 1 aromatic rings. The maximum absolute atomic E-state index is 11.9. The molecule has 1 aliphatic rings. The summed E-state index contributed by atoms with van der Waals surface area (Å²) in [4.78, 5) is 5.64. The predicted molar refractivity (Wildman–Crippen MR) is 117 cm³/mol. The molecule has 1 aromatic heterocycles. The van der Waals surface area contributed by atoms with E-state index in [1.807, 2.05) is 0 Å². The molecule has 25 heavy (non-hydrogen) atoms. The van der Waals surface area contributed by atoms with E-state index in [-0.39, 0.29) is 35.8 Å². The van der Waals surface area contributed by atoms with Gasteiger partial charge in [0.15, 0.2) is 5.96 Å². The molecule has 1 saturated heterocycles. The second-order valence-corrected chi connectivity index (χ2v) is 9.32. The van der Waals surface area contributed by atoms with Gasteiger partial charge in [0.2, 0.25) is 10.0 Å². The Balaban J connectivity index is 0.00000312. The van der Waals surface area contributed by atoms with Gasteiger partial charge in [0.25, 0.3) is 0 Å². The van der Waals surface area contributed by atoms with Crippen molar-refractivity contribution in [1.82, 2.24) is 14.9 Å². The number of halogens is 1. The molecule has 1 unspecified atom stereocenters. The summed E-state index contributed by atoms with van der Waals surface area (Å²) in [7, 11) is -1.30. The number of nitrogens with one attached hydrogen (secondary N) is 2. The fourth-order valence-electron chi connectivity index (χ4n) is 2.77. The Kier molecular flexibility index (Phi) is 9.68. The second kappa shape index (κ2) is 10.7. The third kappa shape index (κ3) is 6.69. The molecule has 1 fully saturated rings. The predicted octanol–water partition coefficient (Wildman–Crippen LogP) is 2.45. The molecular formula is C16H29IN4O2S2.